The Kier molecular flexibility index (Phi) is 6.47. The van der Waals surface area contributed by atoms with Gasteiger partial charge in [0.2, 0.25) is 0 Å². The van der Waals surface area contributed by atoms with Crippen LogP contribution < -0.4 is 4.74 Å². The molecule has 1 heterocycles. The number of aliphatic carboxylic acids is 1. The Hall–Kier alpha value is -2.54. The number of nitrogens with zero attached hydrogens (tertiary/aromatic N) is 1. The molecule has 4 rings (SSSR count). The van der Waals surface area contributed by atoms with Crippen LogP contribution in [-0.2, 0) is 17.4 Å². The zero-order valence-corrected chi connectivity index (χ0v) is 18.1. The maximum Gasteiger partial charge on any atom is 0.416 e. The molecule has 0 bridgehead atoms. The zero-order valence-electron chi connectivity index (χ0n) is 18.1. The monoisotopic (exact) mass is 447 g/mol. The summed E-state index contributed by atoms with van der Waals surface area (Å²) in [5.74, 6) is 0.595. The van der Waals surface area contributed by atoms with E-state index in [0.29, 0.717) is 30.6 Å². The van der Waals surface area contributed by atoms with Gasteiger partial charge in [-0.15, -0.1) is 0 Å². The van der Waals surface area contributed by atoms with Crippen LogP contribution in [0.15, 0.2) is 42.5 Å². The lowest BCUT2D eigenvalue weighted by Crippen LogP contribution is -2.50. The number of hydrogen-bond donors (Lipinski definition) is 1. The lowest BCUT2D eigenvalue weighted by molar-refractivity contribution is -0.138. The number of alkyl halides is 3. The molecule has 2 fully saturated rings. The van der Waals surface area contributed by atoms with Crippen LogP contribution in [0.25, 0.3) is 0 Å². The van der Waals surface area contributed by atoms with Crippen LogP contribution in [0.1, 0.15) is 60.4 Å². The first-order valence-corrected chi connectivity index (χ1v) is 11.1. The highest BCUT2D eigenvalue weighted by atomic mass is 19.4. The summed E-state index contributed by atoms with van der Waals surface area (Å²) in [5, 5.41) is 8.83. The average molecular weight is 447 g/mol. The van der Waals surface area contributed by atoms with Gasteiger partial charge in [0.05, 0.1) is 12.2 Å². The summed E-state index contributed by atoms with van der Waals surface area (Å²) in [7, 11) is 0. The van der Waals surface area contributed by atoms with Crippen LogP contribution in [0.3, 0.4) is 0 Å². The molecule has 4 nitrogen and oxygen atoms in total. The first-order chi connectivity index (χ1) is 15.2. The van der Waals surface area contributed by atoms with Crippen molar-refractivity contribution in [2.45, 2.75) is 50.7 Å². The third-order valence-corrected chi connectivity index (χ3v) is 6.43. The Balaban J connectivity index is 1.33. The maximum atomic E-state index is 13.3. The van der Waals surface area contributed by atoms with E-state index in [0.717, 1.165) is 42.6 Å². The molecule has 1 unspecified atom stereocenters. The van der Waals surface area contributed by atoms with Gasteiger partial charge in [-0.05, 0) is 73.1 Å². The molecule has 1 atom stereocenters. The second-order valence-electron chi connectivity index (χ2n) is 8.96. The largest absolute Gasteiger partial charge is 0.493 e. The number of carbonyl (C=O) groups is 1. The molecule has 7 heteroatoms. The number of carboxylic acids is 1. The Bertz CT molecular complexity index is 965. The van der Waals surface area contributed by atoms with Crippen molar-refractivity contribution in [1.82, 2.24) is 4.90 Å². The van der Waals surface area contributed by atoms with Gasteiger partial charge in [0.25, 0.3) is 0 Å². The van der Waals surface area contributed by atoms with Crippen molar-refractivity contribution in [3.63, 3.8) is 0 Å². The van der Waals surface area contributed by atoms with Crippen LogP contribution in [0.5, 0.6) is 5.75 Å². The van der Waals surface area contributed by atoms with E-state index in [1.165, 1.54) is 12.1 Å². The predicted octanol–water partition coefficient (Wildman–Crippen LogP) is 5.67. The molecule has 0 spiro atoms. The molecule has 32 heavy (non-hydrogen) atoms. The number of benzene rings is 2. The van der Waals surface area contributed by atoms with Gasteiger partial charge in [-0.1, -0.05) is 18.2 Å². The topological polar surface area (TPSA) is 49.8 Å². The molecule has 0 amide bonds. The molecule has 0 radical (unpaired) electrons. The van der Waals surface area contributed by atoms with Gasteiger partial charge in [0.1, 0.15) is 5.75 Å². The minimum Gasteiger partial charge on any atom is -0.493 e. The Morgan fingerprint density at radius 1 is 1.19 bits per heavy atom. The van der Waals surface area contributed by atoms with Gasteiger partial charge in [0, 0.05) is 31.5 Å². The minimum atomic E-state index is -4.33. The highest BCUT2D eigenvalue weighted by Gasteiger charge is 2.37. The first kappa shape index (κ1) is 22.6. The van der Waals surface area contributed by atoms with Gasteiger partial charge in [-0.3, -0.25) is 9.69 Å². The molecule has 1 aliphatic heterocycles. The SMILES string of the molecule is CC(c1cc(C(F)(F)F)ccc1C1CC1)N1CC(COc2cccc(CCC(=O)O)c2)C1. The van der Waals surface area contributed by atoms with E-state index < -0.39 is 17.7 Å². The second-order valence-corrected chi connectivity index (χ2v) is 8.96. The minimum absolute atomic E-state index is 0.0662. The van der Waals surface area contributed by atoms with Gasteiger partial charge in [-0.2, -0.15) is 13.2 Å². The molecule has 172 valence electrons. The van der Waals surface area contributed by atoms with E-state index in [1.54, 1.807) is 6.07 Å². The van der Waals surface area contributed by atoms with Crippen molar-refractivity contribution >= 4 is 5.97 Å². The van der Waals surface area contributed by atoms with E-state index in [1.807, 2.05) is 31.2 Å². The summed E-state index contributed by atoms with van der Waals surface area (Å²) in [5.41, 5.74) is 2.20. The lowest BCUT2D eigenvalue weighted by Gasteiger charge is -2.43. The van der Waals surface area contributed by atoms with Gasteiger partial charge in [0.15, 0.2) is 0 Å². The summed E-state index contributed by atoms with van der Waals surface area (Å²) < 4.78 is 45.7. The quantitative estimate of drug-likeness (QED) is 0.538. The normalized spacial score (nSPS) is 18.2. The Labute approximate surface area is 186 Å². The average Bonchev–Trinajstić information content (AvgIpc) is 3.55. The molecule has 1 N–H and O–H groups in total. The number of ether oxygens (including phenoxy) is 1. The van der Waals surface area contributed by atoms with Crippen molar-refractivity contribution in [3.8, 4) is 5.75 Å². The van der Waals surface area contributed by atoms with Crippen LogP contribution in [0.2, 0.25) is 0 Å². The first-order valence-electron chi connectivity index (χ1n) is 11.1. The van der Waals surface area contributed by atoms with E-state index in [-0.39, 0.29) is 12.5 Å². The smallest absolute Gasteiger partial charge is 0.416 e. The molecular weight excluding hydrogens is 419 g/mol. The summed E-state index contributed by atoms with van der Waals surface area (Å²) in [6.45, 7) is 4.08. The summed E-state index contributed by atoms with van der Waals surface area (Å²) in [4.78, 5) is 13.0. The Morgan fingerprint density at radius 2 is 1.94 bits per heavy atom. The van der Waals surface area contributed by atoms with Crippen molar-refractivity contribution in [3.05, 3.63) is 64.7 Å². The summed E-state index contributed by atoms with van der Waals surface area (Å²) in [6.07, 6.45) is -1.69. The van der Waals surface area contributed by atoms with Gasteiger partial charge in [-0.25, -0.2) is 0 Å². The Morgan fingerprint density at radius 3 is 2.59 bits per heavy atom. The highest BCUT2D eigenvalue weighted by molar-refractivity contribution is 5.67. The molecule has 2 aromatic rings. The summed E-state index contributed by atoms with van der Waals surface area (Å²) >= 11 is 0. The van der Waals surface area contributed by atoms with Crippen molar-refractivity contribution in [2.75, 3.05) is 19.7 Å². The van der Waals surface area contributed by atoms with E-state index in [4.69, 9.17) is 9.84 Å². The third-order valence-electron chi connectivity index (χ3n) is 6.43. The predicted molar refractivity (Wildman–Crippen MR) is 115 cm³/mol. The molecule has 2 aromatic carbocycles. The van der Waals surface area contributed by atoms with Crippen LogP contribution in [0.4, 0.5) is 13.2 Å². The van der Waals surface area contributed by atoms with Crippen molar-refractivity contribution < 1.29 is 27.8 Å². The van der Waals surface area contributed by atoms with E-state index in [9.17, 15) is 18.0 Å². The summed E-state index contributed by atoms with van der Waals surface area (Å²) in [6, 6.07) is 11.6. The number of aryl methyl sites for hydroxylation is 1. The molecule has 0 aromatic heterocycles. The lowest BCUT2D eigenvalue weighted by atomic mass is 9.90. The van der Waals surface area contributed by atoms with Gasteiger partial charge >= 0.3 is 12.1 Å². The van der Waals surface area contributed by atoms with Crippen molar-refractivity contribution in [1.29, 1.82) is 0 Å². The number of rotatable bonds is 9. The standard InChI is InChI=1S/C25H28F3NO3/c1-16(23-12-20(25(26,27)28)8-9-22(23)19-6-7-19)29-13-18(14-29)15-32-21-4-2-3-17(11-21)5-10-24(30)31/h2-4,8-9,11-12,16,18-19H,5-7,10,13-15H2,1H3,(H,30,31). The fourth-order valence-corrected chi connectivity index (χ4v) is 4.36. The second kappa shape index (κ2) is 9.14. The highest BCUT2D eigenvalue weighted by Crippen LogP contribution is 2.46. The van der Waals surface area contributed by atoms with E-state index >= 15 is 0 Å². The number of halogens is 3. The molecule has 2 aliphatic rings. The fraction of sp³-hybridized carbons (Fsp3) is 0.480. The molecule has 1 saturated heterocycles. The van der Waals surface area contributed by atoms with Crippen LogP contribution >= 0.6 is 0 Å². The maximum absolute atomic E-state index is 13.3. The molecule has 1 aliphatic carbocycles. The van der Waals surface area contributed by atoms with Crippen LogP contribution in [-0.4, -0.2) is 35.7 Å². The number of carboxylic acid groups (broad SMARTS) is 1. The zero-order chi connectivity index (χ0) is 22.9. The molecular formula is C25H28F3NO3. The molecule has 1 saturated carbocycles. The third kappa shape index (κ3) is 5.44. The van der Waals surface area contributed by atoms with Crippen molar-refractivity contribution in [2.24, 2.45) is 5.92 Å². The number of hydrogen-bond acceptors (Lipinski definition) is 3. The van der Waals surface area contributed by atoms with Gasteiger partial charge < -0.3 is 9.84 Å². The van der Waals surface area contributed by atoms with E-state index in [2.05, 4.69) is 4.90 Å². The number of likely N-dealkylation sites (tertiary alicyclic amines) is 1. The van der Waals surface area contributed by atoms with Crippen LogP contribution in [0, 0.1) is 5.92 Å². The fourth-order valence-electron chi connectivity index (χ4n) is 4.36.